The molecule has 28 heavy (non-hydrogen) atoms. The van der Waals surface area contributed by atoms with Crippen molar-refractivity contribution < 1.29 is 9.59 Å². The summed E-state index contributed by atoms with van der Waals surface area (Å²) in [7, 11) is 0. The Morgan fingerprint density at radius 2 is 2.00 bits per heavy atom. The molecule has 2 aliphatic heterocycles. The molecule has 1 atom stereocenters. The van der Waals surface area contributed by atoms with Gasteiger partial charge in [-0.3, -0.25) is 14.7 Å². The van der Waals surface area contributed by atoms with Crippen LogP contribution in [0.25, 0.3) is 0 Å². The van der Waals surface area contributed by atoms with Crippen molar-refractivity contribution in [3.05, 3.63) is 47.5 Å². The van der Waals surface area contributed by atoms with E-state index in [9.17, 15) is 9.59 Å². The number of allylic oxidation sites excluding steroid dienone is 1. The molecule has 0 aliphatic carbocycles. The molecule has 0 aromatic heterocycles. The summed E-state index contributed by atoms with van der Waals surface area (Å²) in [5, 5.41) is 2.88. The van der Waals surface area contributed by atoms with Gasteiger partial charge in [0.05, 0.1) is 6.54 Å². The first-order chi connectivity index (χ1) is 13.4. The standard InChI is InChI=1S/C21H29N5O2/c1-16-6-8-21(15-23-16,24-20(22)28)19-5-3-4-18(14-19)7-9-25-10-12-26(13-11-25)17(2)27/h3-6,8,14H,7,9-13,15H2,1-2H3,(H3,22,24,28). The number of benzene rings is 1. The Balaban J connectivity index is 1.67. The molecule has 3 N–H and O–H groups in total. The summed E-state index contributed by atoms with van der Waals surface area (Å²) in [5.74, 6) is 0.151. The van der Waals surface area contributed by atoms with Gasteiger partial charge in [-0.05, 0) is 30.5 Å². The zero-order valence-corrected chi connectivity index (χ0v) is 16.6. The highest BCUT2D eigenvalue weighted by Crippen LogP contribution is 2.27. The summed E-state index contributed by atoms with van der Waals surface area (Å²) < 4.78 is 0. The Hall–Kier alpha value is -2.67. The van der Waals surface area contributed by atoms with Crippen LogP contribution in [0.2, 0.25) is 0 Å². The number of rotatable bonds is 5. The van der Waals surface area contributed by atoms with Gasteiger partial charge in [0.15, 0.2) is 0 Å². The molecule has 3 amide bonds. The van der Waals surface area contributed by atoms with Crippen LogP contribution in [-0.4, -0.2) is 66.7 Å². The van der Waals surface area contributed by atoms with E-state index < -0.39 is 11.6 Å². The zero-order chi connectivity index (χ0) is 20.1. The summed E-state index contributed by atoms with van der Waals surface area (Å²) in [6.07, 6.45) is 4.80. The predicted molar refractivity (Wildman–Crippen MR) is 110 cm³/mol. The molecule has 0 bridgehead atoms. The first-order valence-corrected chi connectivity index (χ1v) is 9.73. The van der Waals surface area contributed by atoms with Gasteiger partial charge in [-0.1, -0.05) is 30.3 Å². The van der Waals surface area contributed by atoms with Crippen LogP contribution in [0, 0.1) is 0 Å². The fourth-order valence-corrected chi connectivity index (χ4v) is 3.76. The van der Waals surface area contributed by atoms with Crippen LogP contribution in [-0.2, 0) is 16.8 Å². The highest BCUT2D eigenvalue weighted by Gasteiger charge is 2.32. The molecule has 7 nitrogen and oxygen atoms in total. The van der Waals surface area contributed by atoms with Crippen LogP contribution in [0.3, 0.4) is 0 Å². The number of nitrogens with zero attached hydrogens (tertiary/aromatic N) is 3. The van der Waals surface area contributed by atoms with Gasteiger partial charge < -0.3 is 16.0 Å². The third-order valence-corrected chi connectivity index (χ3v) is 5.51. The number of amides is 3. The summed E-state index contributed by atoms with van der Waals surface area (Å²) in [4.78, 5) is 31.9. The maximum absolute atomic E-state index is 11.6. The van der Waals surface area contributed by atoms with E-state index in [1.54, 1.807) is 6.92 Å². The number of primary amides is 1. The van der Waals surface area contributed by atoms with Crippen LogP contribution < -0.4 is 11.1 Å². The monoisotopic (exact) mass is 383 g/mol. The van der Waals surface area contributed by atoms with Crippen LogP contribution >= 0.6 is 0 Å². The van der Waals surface area contributed by atoms with Gasteiger partial charge in [0.2, 0.25) is 5.91 Å². The lowest BCUT2D eigenvalue weighted by Crippen LogP contribution is -2.50. The van der Waals surface area contributed by atoms with Crippen molar-refractivity contribution in [2.75, 3.05) is 39.3 Å². The van der Waals surface area contributed by atoms with Crippen molar-refractivity contribution in [2.45, 2.75) is 25.8 Å². The summed E-state index contributed by atoms with van der Waals surface area (Å²) >= 11 is 0. The van der Waals surface area contributed by atoms with E-state index in [-0.39, 0.29) is 5.91 Å². The number of urea groups is 1. The number of piperazine rings is 1. The van der Waals surface area contributed by atoms with Crippen LogP contribution in [0.5, 0.6) is 0 Å². The Morgan fingerprint density at radius 3 is 2.61 bits per heavy atom. The highest BCUT2D eigenvalue weighted by molar-refractivity contribution is 5.94. The molecular formula is C21H29N5O2. The molecule has 2 aliphatic rings. The maximum atomic E-state index is 11.6. The Labute approximate surface area is 166 Å². The van der Waals surface area contributed by atoms with E-state index in [1.807, 2.05) is 36.1 Å². The minimum Gasteiger partial charge on any atom is -0.352 e. The molecule has 0 spiro atoms. The van der Waals surface area contributed by atoms with Gasteiger partial charge in [-0.2, -0.15) is 0 Å². The molecule has 1 unspecified atom stereocenters. The van der Waals surface area contributed by atoms with Gasteiger partial charge in [-0.25, -0.2) is 4.79 Å². The minimum atomic E-state index is -0.700. The molecule has 150 valence electrons. The van der Waals surface area contributed by atoms with E-state index in [0.717, 1.165) is 50.4 Å². The first kappa shape index (κ1) is 20.1. The number of nitrogens with two attached hydrogens (primary N) is 1. The van der Waals surface area contributed by atoms with Gasteiger partial charge >= 0.3 is 6.03 Å². The maximum Gasteiger partial charge on any atom is 0.313 e. The molecule has 0 saturated carbocycles. The van der Waals surface area contributed by atoms with Crippen LogP contribution in [0.4, 0.5) is 4.79 Å². The van der Waals surface area contributed by atoms with Crippen molar-refractivity contribution in [3.8, 4) is 0 Å². The third-order valence-electron chi connectivity index (χ3n) is 5.51. The third kappa shape index (κ3) is 4.78. The second kappa shape index (κ2) is 8.56. The van der Waals surface area contributed by atoms with Crippen molar-refractivity contribution >= 4 is 17.6 Å². The Bertz CT molecular complexity index is 796. The quantitative estimate of drug-likeness (QED) is 0.803. The number of dihydropyridines is 1. The highest BCUT2D eigenvalue weighted by atomic mass is 16.2. The van der Waals surface area contributed by atoms with E-state index in [0.29, 0.717) is 6.54 Å². The lowest BCUT2D eigenvalue weighted by molar-refractivity contribution is -0.130. The number of carbonyl (C=O) groups excluding carboxylic acids is 2. The molecule has 3 rings (SSSR count). The number of nitrogens with one attached hydrogen (secondary N) is 1. The van der Waals surface area contributed by atoms with Crippen LogP contribution in [0.1, 0.15) is 25.0 Å². The molecule has 1 fully saturated rings. The van der Waals surface area contributed by atoms with Crippen molar-refractivity contribution in [1.82, 2.24) is 15.1 Å². The Kier molecular flexibility index (Phi) is 6.14. The zero-order valence-electron chi connectivity index (χ0n) is 16.6. The van der Waals surface area contributed by atoms with Gasteiger partial charge in [0.1, 0.15) is 5.54 Å². The molecule has 7 heteroatoms. The first-order valence-electron chi connectivity index (χ1n) is 9.73. The number of hydrogen-bond donors (Lipinski definition) is 2. The lowest BCUT2D eigenvalue weighted by Gasteiger charge is -2.34. The van der Waals surface area contributed by atoms with Crippen molar-refractivity contribution in [1.29, 1.82) is 0 Å². The normalized spacial score (nSPS) is 22.6. The van der Waals surface area contributed by atoms with E-state index in [4.69, 9.17) is 5.73 Å². The summed E-state index contributed by atoms with van der Waals surface area (Å²) in [5.41, 5.74) is 7.86. The van der Waals surface area contributed by atoms with Gasteiger partial charge in [0, 0.05) is 45.4 Å². The number of aliphatic imine (C=N–C) groups is 1. The fourth-order valence-electron chi connectivity index (χ4n) is 3.76. The number of hydrogen-bond acceptors (Lipinski definition) is 4. The molecule has 1 saturated heterocycles. The summed E-state index contributed by atoms with van der Waals surface area (Å²) in [6.45, 7) is 8.35. The van der Waals surface area contributed by atoms with Crippen molar-refractivity contribution in [3.63, 3.8) is 0 Å². The van der Waals surface area contributed by atoms with E-state index in [2.05, 4.69) is 27.3 Å². The second-order valence-corrected chi connectivity index (χ2v) is 7.55. The smallest absolute Gasteiger partial charge is 0.313 e. The topological polar surface area (TPSA) is 91.0 Å². The minimum absolute atomic E-state index is 0.151. The average molecular weight is 383 g/mol. The van der Waals surface area contributed by atoms with Crippen molar-refractivity contribution in [2.24, 2.45) is 10.7 Å². The average Bonchev–Trinajstić information content (AvgIpc) is 2.68. The number of carbonyl (C=O) groups is 2. The summed E-state index contributed by atoms with van der Waals surface area (Å²) in [6, 6.07) is 7.69. The molecule has 0 radical (unpaired) electrons. The van der Waals surface area contributed by atoms with E-state index in [1.165, 1.54) is 5.56 Å². The predicted octanol–water partition coefficient (Wildman–Crippen LogP) is 1.29. The van der Waals surface area contributed by atoms with Gasteiger partial charge in [0.25, 0.3) is 0 Å². The largest absolute Gasteiger partial charge is 0.352 e. The molecule has 1 aromatic rings. The molecule has 1 aromatic carbocycles. The Morgan fingerprint density at radius 1 is 1.25 bits per heavy atom. The lowest BCUT2D eigenvalue weighted by atomic mass is 9.86. The van der Waals surface area contributed by atoms with Crippen LogP contribution in [0.15, 0.2) is 41.4 Å². The van der Waals surface area contributed by atoms with Gasteiger partial charge in [-0.15, -0.1) is 0 Å². The second-order valence-electron chi connectivity index (χ2n) is 7.55. The molecule has 2 heterocycles. The fraction of sp³-hybridized carbons (Fsp3) is 0.476. The molecular weight excluding hydrogens is 354 g/mol. The van der Waals surface area contributed by atoms with E-state index >= 15 is 0 Å². The SMILES string of the molecule is CC(=O)N1CCN(CCc2cccc(C3(NC(N)=O)C=CC(C)=NC3)c2)CC1.